The molecule has 0 aromatic rings. The standard InChI is InChI=1S/C12H28N2O/c1-6-14(8-9-15-7-2)10-11(13)12(3,4)5/h11H,6-10,13H2,1-5H3. The van der Waals surface area contributed by atoms with E-state index in [4.69, 9.17) is 10.5 Å². The Morgan fingerprint density at radius 3 is 2.27 bits per heavy atom. The van der Waals surface area contributed by atoms with Gasteiger partial charge in [0.25, 0.3) is 0 Å². The fraction of sp³-hybridized carbons (Fsp3) is 1.00. The molecule has 15 heavy (non-hydrogen) atoms. The van der Waals surface area contributed by atoms with Gasteiger partial charge in [-0.2, -0.15) is 0 Å². The minimum absolute atomic E-state index is 0.180. The third kappa shape index (κ3) is 6.88. The molecule has 0 fully saturated rings. The van der Waals surface area contributed by atoms with Crippen LogP contribution in [0, 0.1) is 5.41 Å². The average Bonchev–Trinajstić information content (AvgIpc) is 2.14. The summed E-state index contributed by atoms with van der Waals surface area (Å²) >= 11 is 0. The number of rotatable bonds is 7. The zero-order valence-corrected chi connectivity index (χ0v) is 11.0. The van der Waals surface area contributed by atoms with Crippen LogP contribution in [0.2, 0.25) is 0 Å². The second-order valence-electron chi connectivity index (χ2n) is 5.06. The van der Waals surface area contributed by atoms with E-state index in [0.717, 1.165) is 32.8 Å². The maximum Gasteiger partial charge on any atom is 0.0593 e. The molecule has 3 heteroatoms. The summed E-state index contributed by atoms with van der Waals surface area (Å²) < 4.78 is 5.35. The molecule has 0 saturated carbocycles. The number of hydrogen-bond donors (Lipinski definition) is 1. The predicted octanol–water partition coefficient (Wildman–Crippen LogP) is 1.72. The van der Waals surface area contributed by atoms with Crippen molar-refractivity contribution in [2.45, 2.75) is 40.7 Å². The van der Waals surface area contributed by atoms with Crippen LogP contribution < -0.4 is 5.73 Å². The molecule has 0 aromatic heterocycles. The van der Waals surface area contributed by atoms with E-state index in [9.17, 15) is 0 Å². The number of nitrogens with zero attached hydrogens (tertiary/aromatic N) is 1. The summed E-state index contributed by atoms with van der Waals surface area (Å²) in [5.41, 5.74) is 6.33. The normalized spacial score (nSPS) is 14.6. The Hall–Kier alpha value is -0.120. The van der Waals surface area contributed by atoms with Gasteiger partial charge in [-0.05, 0) is 18.9 Å². The van der Waals surface area contributed by atoms with Crippen LogP contribution in [-0.2, 0) is 4.74 Å². The summed E-state index contributed by atoms with van der Waals surface area (Å²) in [5.74, 6) is 0. The van der Waals surface area contributed by atoms with Crippen LogP contribution in [0.3, 0.4) is 0 Å². The van der Waals surface area contributed by atoms with Gasteiger partial charge in [0.05, 0.1) is 6.61 Å². The minimum Gasteiger partial charge on any atom is -0.380 e. The van der Waals surface area contributed by atoms with E-state index >= 15 is 0 Å². The average molecular weight is 216 g/mol. The van der Waals surface area contributed by atoms with Gasteiger partial charge in [-0.25, -0.2) is 0 Å². The van der Waals surface area contributed by atoms with Crippen molar-refractivity contribution in [3.8, 4) is 0 Å². The van der Waals surface area contributed by atoms with Crippen molar-refractivity contribution in [2.75, 3.05) is 32.8 Å². The molecule has 0 heterocycles. The number of nitrogens with two attached hydrogens (primary N) is 1. The highest BCUT2D eigenvalue weighted by Crippen LogP contribution is 2.17. The van der Waals surface area contributed by atoms with Crippen molar-refractivity contribution >= 4 is 0 Å². The Balaban J connectivity index is 3.88. The highest BCUT2D eigenvalue weighted by molar-refractivity contribution is 4.79. The summed E-state index contributed by atoms with van der Waals surface area (Å²) in [5, 5.41) is 0. The predicted molar refractivity (Wildman–Crippen MR) is 66.0 cm³/mol. The van der Waals surface area contributed by atoms with E-state index in [1.807, 2.05) is 6.92 Å². The van der Waals surface area contributed by atoms with Crippen LogP contribution in [0.5, 0.6) is 0 Å². The Morgan fingerprint density at radius 1 is 1.27 bits per heavy atom. The molecule has 0 radical (unpaired) electrons. The second-order valence-corrected chi connectivity index (χ2v) is 5.06. The van der Waals surface area contributed by atoms with E-state index in [0.29, 0.717) is 0 Å². The van der Waals surface area contributed by atoms with Gasteiger partial charge in [-0.1, -0.05) is 27.7 Å². The fourth-order valence-electron chi connectivity index (χ4n) is 1.27. The van der Waals surface area contributed by atoms with Gasteiger partial charge in [0.2, 0.25) is 0 Å². The minimum atomic E-state index is 0.180. The summed E-state index contributed by atoms with van der Waals surface area (Å²) in [4.78, 5) is 2.35. The summed E-state index contributed by atoms with van der Waals surface area (Å²) in [7, 11) is 0. The first kappa shape index (κ1) is 14.9. The highest BCUT2D eigenvalue weighted by Gasteiger charge is 2.22. The van der Waals surface area contributed by atoms with Crippen molar-refractivity contribution in [1.29, 1.82) is 0 Å². The van der Waals surface area contributed by atoms with Crippen molar-refractivity contribution < 1.29 is 4.74 Å². The third-order valence-corrected chi connectivity index (χ3v) is 2.77. The molecule has 92 valence electrons. The highest BCUT2D eigenvalue weighted by atomic mass is 16.5. The van der Waals surface area contributed by atoms with Crippen molar-refractivity contribution in [3.05, 3.63) is 0 Å². The van der Waals surface area contributed by atoms with Gasteiger partial charge >= 0.3 is 0 Å². The first-order valence-electron chi connectivity index (χ1n) is 5.97. The lowest BCUT2D eigenvalue weighted by Crippen LogP contribution is -2.46. The van der Waals surface area contributed by atoms with E-state index in [2.05, 4.69) is 32.6 Å². The Kier molecular flexibility index (Phi) is 7.14. The molecule has 0 bridgehead atoms. The zero-order valence-electron chi connectivity index (χ0n) is 11.0. The summed E-state index contributed by atoms with van der Waals surface area (Å²) in [6.45, 7) is 15.3. The first-order valence-corrected chi connectivity index (χ1v) is 5.97. The van der Waals surface area contributed by atoms with Crippen LogP contribution in [0.15, 0.2) is 0 Å². The smallest absolute Gasteiger partial charge is 0.0593 e. The van der Waals surface area contributed by atoms with Gasteiger partial charge in [0.1, 0.15) is 0 Å². The van der Waals surface area contributed by atoms with Crippen molar-refractivity contribution in [1.82, 2.24) is 4.90 Å². The van der Waals surface area contributed by atoms with Gasteiger partial charge in [0, 0.05) is 25.7 Å². The molecule has 0 saturated heterocycles. The molecule has 2 N–H and O–H groups in total. The second kappa shape index (κ2) is 7.20. The van der Waals surface area contributed by atoms with Crippen LogP contribution in [-0.4, -0.2) is 43.8 Å². The lowest BCUT2D eigenvalue weighted by atomic mass is 9.87. The molecule has 0 aliphatic carbocycles. The first-order chi connectivity index (χ1) is 6.91. The Morgan fingerprint density at radius 2 is 1.87 bits per heavy atom. The molecule has 0 spiro atoms. The van der Waals surface area contributed by atoms with Gasteiger partial charge in [-0.3, -0.25) is 4.90 Å². The van der Waals surface area contributed by atoms with E-state index < -0.39 is 0 Å². The maximum absolute atomic E-state index is 6.15. The fourth-order valence-corrected chi connectivity index (χ4v) is 1.27. The summed E-state index contributed by atoms with van der Waals surface area (Å²) in [6, 6.07) is 0.221. The molecule has 0 amide bonds. The van der Waals surface area contributed by atoms with Gasteiger partial charge in [-0.15, -0.1) is 0 Å². The van der Waals surface area contributed by atoms with Crippen LogP contribution in [0.1, 0.15) is 34.6 Å². The van der Waals surface area contributed by atoms with E-state index in [-0.39, 0.29) is 11.5 Å². The lowest BCUT2D eigenvalue weighted by Gasteiger charge is -2.32. The van der Waals surface area contributed by atoms with Gasteiger partial charge < -0.3 is 10.5 Å². The molecule has 0 aliphatic heterocycles. The third-order valence-electron chi connectivity index (χ3n) is 2.77. The van der Waals surface area contributed by atoms with Crippen molar-refractivity contribution in [3.63, 3.8) is 0 Å². The van der Waals surface area contributed by atoms with E-state index in [1.165, 1.54) is 0 Å². The van der Waals surface area contributed by atoms with Gasteiger partial charge in [0.15, 0.2) is 0 Å². The maximum atomic E-state index is 6.15. The molecule has 0 aliphatic rings. The van der Waals surface area contributed by atoms with Crippen LogP contribution >= 0.6 is 0 Å². The molecule has 0 rings (SSSR count). The number of likely N-dealkylation sites (N-methyl/N-ethyl adjacent to an activating group) is 1. The lowest BCUT2D eigenvalue weighted by molar-refractivity contribution is 0.106. The van der Waals surface area contributed by atoms with E-state index in [1.54, 1.807) is 0 Å². The molecular weight excluding hydrogens is 188 g/mol. The quantitative estimate of drug-likeness (QED) is 0.659. The molecule has 1 atom stereocenters. The van der Waals surface area contributed by atoms with Crippen LogP contribution in [0.25, 0.3) is 0 Å². The summed E-state index contributed by atoms with van der Waals surface area (Å²) in [6.07, 6.45) is 0. The SMILES string of the molecule is CCOCCN(CC)CC(N)C(C)(C)C. The molecule has 0 aromatic carbocycles. The number of ether oxygens (including phenoxy) is 1. The largest absolute Gasteiger partial charge is 0.380 e. The zero-order chi connectivity index (χ0) is 11.9. The van der Waals surface area contributed by atoms with Crippen LogP contribution in [0.4, 0.5) is 0 Å². The monoisotopic (exact) mass is 216 g/mol. The number of hydrogen-bond acceptors (Lipinski definition) is 3. The van der Waals surface area contributed by atoms with Crippen molar-refractivity contribution in [2.24, 2.45) is 11.1 Å². The Bertz CT molecular complexity index is 154. The Labute approximate surface area is 95.0 Å². The topological polar surface area (TPSA) is 38.5 Å². The molecule has 3 nitrogen and oxygen atoms in total. The molecular formula is C12H28N2O. The molecule has 1 unspecified atom stereocenters.